The molecule has 0 aromatic carbocycles. The first-order valence-electron chi connectivity index (χ1n) is 6.05. The van der Waals surface area contributed by atoms with E-state index in [2.05, 4.69) is 65.4 Å². The first-order valence-corrected chi connectivity index (χ1v) is 7.72. The Balaban J connectivity index is 2.76. The molecule has 0 saturated carbocycles. The van der Waals surface area contributed by atoms with E-state index in [4.69, 9.17) is 0 Å². The molecule has 98 valence electrons. The lowest BCUT2D eigenvalue weighted by atomic mass is 9.88. The standard InChI is InChI=1S/C13H23BrN2S/c1-6-13(3,10(2)15-4)16(5)8-11-7-12(14)17-9-11/h7,9-10,15H,6,8H2,1-5H3. The zero-order valence-corrected chi connectivity index (χ0v) is 13.8. The molecule has 1 heterocycles. The molecule has 0 fully saturated rings. The van der Waals surface area contributed by atoms with Crippen molar-refractivity contribution in [1.29, 1.82) is 0 Å². The van der Waals surface area contributed by atoms with Crippen LogP contribution in [0.1, 0.15) is 32.8 Å². The maximum Gasteiger partial charge on any atom is 0.0701 e. The van der Waals surface area contributed by atoms with Crippen LogP contribution in [0.3, 0.4) is 0 Å². The predicted molar refractivity (Wildman–Crippen MR) is 80.7 cm³/mol. The van der Waals surface area contributed by atoms with Crippen molar-refractivity contribution in [3.05, 3.63) is 20.8 Å². The van der Waals surface area contributed by atoms with Crippen molar-refractivity contribution in [1.82, 2.24) is 10.2 Å². The van der Waals surface area contributed by atoms with Gasteiger partial charge in [0.15, 0.2) is 0 Å². The van der Waals surface area contributed by atoms with E-state index in [1.54, 1.807) is 11.3 Å². The Kier molecular flexibility index (Phi) is 5.64. The molecule has 1 N–H and O–H groups in total. The number of hydrogen-bond donors (Lipinski definition) is 1. The lowest BCUT2D eigenvalue weighted by molar-refractivity contribution is 0.0892. The van der Waals surface area contributed by atoms with Gasteiger partial charge in [-0.15, -0.1) is 11.3 Å². The number of hydrogen-bond acceptors (Lipinski definition) is 3. The lowest BCUT2D eigenvalue weighted by Crippen LogP contribution is -2.55. The summed E-state index contributed by atoms with van der Waals surface area (Å²) in [5.74, 6) is 0. The van der Waals surface area contributed by atoms with Crippen LogP contribution in [0, 0.1) is 0 Å². The first-order chi connectivity index (χ1) is 7.93. The maximum atomic E-state index is 3.52. The van der Waals surface area contributed by atoms with Crippen molar-refractivity contribution in [2.24, 2.45) is 0 Å². The molecule has 1 aromatic rings. The second-order valence-corrected chi connectivity index (χ2v) is 7.13. The fourth-order valence-electron chi connectivity index (χ4n) is 2.10. The van der Waals surface area contributed by atoms with E-state index in [0.717, 1.165) is 13.0 Å². The van der Waals surface area contributed by atoms with Gasteiger partial charge in [-0.05, 0) is 67.3 Å². The number of nitrogens with zero attached hydrogens (tertiary/aromatic N) is 1. The van der Waals surface area contributed by atoms with Gasteiger partial charge in [-0.3, -0.25) is 4.90 Å². The summed E-state index contributed by atoms with van der Waals surface area (Å²) < 4.78 is 1.21. The van der Waals surface area contributed by atoms with Crippen LogP contribution in [-0.4, -0.2) is 30.6 Å². The zero-order valence-electron chi connectivity index (χ0n) is 11.4. The highest BCUT2D eigenvalue weighted by Crippen LogP contribution is 2.27. The fourth-order valence-corrected chi connectivity index (χ4v) is 3.30. The van der Waals surface area contributed by atoms with Gasteiger partial charge in [0, 0.05) is 18.1 Å². The maximum absolute atomic E-state index is 3.52. The van der Waals surface area contributed by atoms with Crippen LogP contribution < -0.4 is 5.32 Å². The number of nitrogens with one attached hydrogen (secondary N) is 1. The normalized spacial score (nSPS) is 17.1. The largest absolute Gasteiger partial charge is 0.315 e. The Hall–Kier alpha value is 0.100. The molecule has 17 heavy (non-hydrogen) atoms. The first kappa shape index (κ1) is 15.2. The summed E-state index contributed by atoms with van der Waals surface area (Å²) in [5, 5.41) is 5.60. The number of likely N-dealkylation sites (N-methyl/N-ethyl adjacent to an activating group) is 2. The minimum absolute atomic E-state index is 0.184. The Morgan fingerprint density at radius 3 is 2.65 bits per heavy atom. The quantitative estimate of drug-likeness (QED) is 0.860. The van der Waals surface area contributed by atoms with Crippen molar-refractivity contribution >= 4 is 27.3 Å². The van der Waals surface area contributed by atoms with Crippen molar-refractivity contribution < 1.29 is 0 Å². The van der Waals surface area contributed by atoms with E-state index in [-0.39, 0.29) is 5.54 Å². The Bertz CT molecular complexity index is 353. The molecule has 2 nitrogen and oxygen atoms in total. The van der Waals surface area contributed by atoms with Gasteiger partial charge < -0.3 is 5.32 Å². The summed E-state index contributed by atoms with van der Waals surface area (Å²) >= 11 is 5.27. The van der Waals surface area contributed by atoms with Gasteiger partial charge in [0.1, 0.15) is 0 Å². The SMILES string of the molecule is CCC(C)(C(C)NC)N(C)Cc1csc(Br)c1. The highest BCUT2D eigenvalue weighted by Gasteiger charge is 2.32. The van der Waals surface area contributed by atoms with Gasteiger partial charge in [-0.25, -0.2) is 0 Å². The molecule has 0 amide bonds. The average Bonchev–Trinajstić information content (AvgIpc) is 2.72. The van der Waals surface area contributed by atoms with E-state index < -0.39 is 0 Å². The summed E-state index contributed by atoms with van der Waals surface area (Å²) in [5.41, 5.74) is 1.57. The van der Waals surface area contributed by atoms with Gasteiger partial charge in [0.05, 0.1) is 3.79 Å². The molecular formula is C13H23BrN2S. The topological polar surface area (TPSA) is 15.3 Å². The monoisotopic (exact) mass is 318 g/mol. The molecular weight excluding hydrogens is 296 g/mol. The molecule has 1 rings (SSSR count). The van der Waals surface area contributed by atoms with Gasteiger partial charge >= 0.3 is 0 Å². The summed E-state index contributed by atoms with van der Waals surface area (Å²) in [4.78, 5) is 2.45. The zero-order chi connectivity index (χ0) is 13.1. The van der Waals surface area contributed by atoms with Gasteiger partial charge in [-0.2, -0.15) is 0 Å². The van der Waals surface area contributed by atoms with Crippen LogP contribution in [0.15, 0.2) is 15.2 Å². The summed E-state index contributed by atoms with van der Waals surface area (Å²) in [7, 11) is 4.25. The van der Waals surface area contributed by atoms with Crippen LogP contribution >= 0.6 is 27.3 Å². The lowest BCUT2D eigenvalue weighted by Gasteiger charge is -2.43. The fraction of sp³-hybridized carbons (Fsp3) is 0.692. The third-order valence-electron chi connectivity index (χ3n) is 4.00. The molecule has 0 saturated heterocycles. The van der Waals surface area contributed by atoms with E-state index in [1.165, 1.54) is 9.35 Å². The third kappa shape index (κ3) is 3.53. The van der Waals surface area contributed by atoms with Crippen LogP contribution in [0.5, 0.6) is 0 Å². The minimum atomic E-state index is 0.184. The molecule has 0 radical (unpaired) electrons. The number of thiophene rings is 1. The molecule has 2 unspecified atom stereocenters. The third-order valence-corrected chi connectivity index (χ3v) is 5.55. The minimum Gasteiger partial charge on any atom is -0.315 e. The Labute approximate surface area is 118 Å². The van der Waals surface area contributed by atoms with Gasteiger partial charge in [0.25, 0.3) is 0 Å². The smallest absolute Gasteiger partial charge is 0.0701 e. The number of rotatable bonds is 6. The molecule has 0 aliphatic heterocycles. The van der Waals surface area contributed by atoms with Crippen LogP contribution in [0.4, 0.5) is 0 Å². The second kappa shape index (κ2) is 6.32. The van der Waals surface area contributed by atoms with Crippen molar-refractivity contribution in [3.63, 3.8) is 0 Å². The highest BCUT2D eigenvalue weighted by atomic mass is 79.9. The second-order valence-electron chi connectivity index (χ2n) is 4.84. The van der Waals surface area contributed by atoms with Crippen molar-refractivity contribution in [2.75, 3.05) is 14.1 Å². The molecule has 0 bridgehead atoms. The molecule has 0 aliphatic rings. The Morgan fingerprint density at radius 1 is 1.59 bits per heavy atom. The molecule has 2 atom stereocenters. The Morgan fingerprint density at radius 2 is 2.24 bits per heavy atom. The van der Waals surface area contributed by atoms with Crippen molar-refractivity contribution in [3.8, 4) is 0 Å². The summed E-state index contributed by atoms with van der Waals surface area (Å²) in [6.45, 7) is 7.84. The molecule has 1 aromatic heterocycles. The predicted octanol–water partition coefficient (Wildman–Crippen LogP) is 3.72. The van der Waals surface area contributed by atoms with E-state index in [1.807, 2.05) is 7.05 Å². The van der Waals surface area contributed by atoms with Crippen LogP contribution in [0.25, 0.3) is 0 Å². The van der Waals surface area contributed by atoms with Crippen LogP contribution in [-0.2, 0) is 6.54 Å². The highest BCUT2D eigenvalue weighted by molar-refractivity contribution is 9.11. The molecule has 0 spiro atoms. The van der Waals surface area contributed by atoms with E-state index in [9.17, 15) is 0 Å². The van der Waals surface area contributed by atoms with E-state index >= 15 is 0 Å². The molecule has 4 heteroatoms. The van der Waals surface area contributed by atoms with Gasteiger partial charge in [0.2, 0.25) is 0 Å². The van der Waals surface area contributed by atoms with Crippen molar-refractivity contribution in [2.45, 2.75) is 45.3 Å². The number of halogens is 1. The van der Waals surface area contributed by atoms with E-state index in [0.29, 0.717) is 6.04 Å². The van der Waals surface area contributed by atoms with Gasteiger partial charge in [-0.1, -0.05) is 6.92 Å². The average molecular weight is 319 g/mol. The van der Waals surface area contributed by atoms with Crippen LogP contribution in [0.2, 0.25) is 0 Å². The summed E-state index contributed by atoms with van der Waals surface area (Å²) in [6, 6.07) is 2.68. The molecule has 0 aliphatic carbocycles. The summed E-state index contributed by atoms with van der Waals surface area (Å²) in [6.07, 6.45) is 1.14.